The summed E-state index contributed by atoms with van der Waals surface area (Å²) in [6.07, 6.45) is 3.19. The van der Waals surface area contributed by atoms with E-state index in [0.29, 0.717) is 12.5 Å². The molecule has 4 nitrogen and oxygen atoms in total. The van der Waals surface area contributed by atoms with Gasteiger partial charge in [0.05, 0.1) is 0 Å². The number of aliphatic hydroxyl groups is 1. The predicted molar refractivity (Wildman–Crippen MR) is 75.0 cm³/mol. The summed E-state index contributed by atoms with van der Waals surface area (Å²) < 4.78 is 5.66. The van der Waals surface area contributed by atoms with Crippen molar-refractivity contribution in [2.75, 3.05) is 24.4 Å². The van der Waals surface area contributed by atoms with Crippen LogP contribution in [0.5, 0.6) is 0 Å². The van der Waals surface area contributed by atoms with Gasteiger partial charge in [-0.05, 0) is 24.8 Å². The van der Waals surface area contributed by atoms with Crippen molar-refractivity contribution >= 4 is 18.0 Å². The molecule has 2 rings (SSSR count). The Hall–Kier alpha value is -0.780. The highest BCUT2D eigenvalue weighted by Crippen LogP contribution is 2.22. The molecular formula is C13H22N3OS+. The van der Waals surface area contributed by atoms with E-state index in [9.17, 15) is 0 Å². The minimum Gasteiger partial charge on any atom is -0.396 e. The van der Waals surface area contributed by atoms with Crippen molar-refractivity contribution in [1.29, 1.82) is 0 Å². The van der Waals surface area contributed by atoms with Crippen molar-refractivity contribution in [2.24, 2.45) is 5.92 Å². The van der Waals surface area contributed by atoms with E-state index in [1.807, 2.05) is 6.07 Å². The second-order valence-corrected chi connectivity index (χ2v) is 5.59. The standard InChI is InChI=1S/C13H21N3OS/c1-2-12-4-3-5-13(14-12)15-18-16-8-6-11(10-17)7-9-16/h3-5,11,17H,2,6-10H2,1H3,(H,14,15)/p+1. The van der Waals surface area contributed by atoms with Gasteiger partial charge in [-0.25, -0.2) is 9.29 Å². The molecule has 1 saturated heterocycles. The molecular weight excluding hydrogens is 246 g/mol. The Labute approximate surface area is 113 Å². The summed E-state index contributed by atoms with van der Waals surface area (Å²) in [6, 6.07) is 6.21. The zero-order chi connectivity index (χ0) is 12.8. The van der Waals surface area contributed by atoms with Crippen LogP contribution < -0.4 is 9.71 Å². The fraction of sp³-hybridized carbons (Fsp3) is 0.615. The van der Waals surface area contributed by atoms with Crippen LogP contribution in [0.1, 0.15) is 25.5 Å². The van der Waals surface area contributed by atoms with Crippen LogP contribution in [0.3, 0.4) is 0 Å². The van der Waals surface area contributed by atoms with E-state index in [4.69, 9.17) is 5.11 Å². The van der Waals surface area contributed by atoms with Crippen molar-refractivity contribution in [3.05, 3.63) is 23.9 Å². The molecule has 0 spiro atoms. The topological polar surface area (TPSA) is 49.6 Å². The van der Waals surface area contributed by atoms with E-state index >= 15 is 0 Å². The SMILES string of the molecule is CCc1cccc(NSN2CCC(CO)CC2)[nH+]1. The Kier molecular flexibility index (Phi) is 5.28. The maximum atomic E-state index is 9.10. The fourth-order valence-corrected chi connectivity index (χ4v) is 2.82. The number of anilines is 1. The van der Waals surface area contributed by atoms with Gasteiger partial charge in [-0.3, -0.25) is 0 Å². The van der Waals surface area contributed by atoms with Crippen LogP contribution in [0.2, 0.25) is 0 Å². The quantitative estimate of drug-likeness (QED) is 0.799. The highest BCUT2D eigenvalue weighted by molar-refractivity contribution is 7.98. The molecule has 3 N–H and O–H groups in total. The third-order valence-corrected chi connectivity index (χ3v) is 4.29. The van der Waals surface area contributed by atoms with Crippen molar-refractivity contribution in [3.63, 3.8) is 0 Å². The molecule has 0 bridgehead atoms. The van der Waals surface area contributed by atoms with E-state index < -0.39 is 0 Å². The summed E-state index contributed by atoms with van der Waals surface area (Å²) in [5.74, 6) is 1.54. The van der Waals surface area contributed by atoms with E-state index in [-0.39, 0.29) is 0 Å². The largest absolute Gasteiger partial charge is 0.396 e. The summed E-state index contributed by atoms with van der Waals surface area (Å²) >= 11 is 1.65. The number of piperidine rings is 1. The molecule has 1 aliphatic rings. The van der Waals surface area contributed by atoms with Crippen molar-refractivity contribution in [1.82, 2.24) is 4.31 Å². The van der Waals surface area contributed by atoms with Crippen LogP contribution in [-0.2, 0) is 6.42 Å². The number of aromatic nitrogens is 1. The first-order chi connectivity index (χ1) is 8.81. The molecule has 1 aliphatic heterocycles. The van der Waals surface area contributed by atoms with Gasteiger partial charge in [-0.2, -0.15) is 4.72 Å². The van der Waals surface area contributed by atoms with Crippen molar-refractivity contribution in [3.8, 4) is 0 Å². The maximum Gasteiger partial charge on any atom is 0.284 e. The lowest BCUT2D eigenvalue weighted by atomic mass is 10.00. The molecule has 0 saturated carbocycles. The van der Waals surface area contributed by atoms with E-state index in [2.05, 4.69) is 33.1 Å². The van der Waals surface area contributed by atoms with E-state index in [0.717, 1.165) is 38.2 Å². The number of pyridine rings is 1. The molecule has 0 aromatic carbocycles. The maximum absolute atomic E-state index is 9.10. The molecule has 1 aromatic rings. The monoisotopic (exact) mass is 268 g/mol. The Balaban J connectivity index is 1.77. The summed E-state index contributed by atoms with van der Waals surface area (Å²) in [5.41, 5.74) is 1.24. The van der Waals surface area contributed by atoms with Gasteiger partial charge >= 0.3 is 0 Å². The molecule has 2 heterocycles. The smallest absolute Gasteiger partial charge is 0.284 e. The van der Waals surface area contributed by atoms with Gasteiger partial charge in [-0.1, -0.05) is 13.0 Å². The Morgan fingerprint density at radius 1 is 1.44 bits per heavy atom. The molecule has 5 heteroatoms. The van der Waals surface area contributed by atoms with E-state index in [1.54, 1.807) is 12.1 Å². The number of aryl methyl sites for hydroxylation is 1. The normalized spacial score (nSPS) is 17.9. The number of aromatic amines is 1. The van der Waals surface area contributed by atoms with Crippen LogP contribution >= 0.6 is 12.1 Å². The number of nitrogens with zero attached hydrogens (tertiary/aromatic N) is 1. The van der Waals surface area contributed by atoms with Crippen LogP contribution in [0.15, 0.2) is 18.2 Å². The van der Waals surface area contributed by atoms with Gasteiger partial charge in [0, 0.05) is 32.2 Å². The Morgan fingerprint density at radius 3 is 2.89 bits per heavy atom. The van der Waals surface area contributed by atoms with Gasteiger partial charge < -0.3 is 5.11 Å². The van der Waals surface area contributed by atoms with Crippen LogP contribution in [0.4, 0.5) is 5.82 Å². The van der Waals surface area contributed by atoms with Crippen LogP contribution in [-0.4, -0.2) is 29.1 Å². The number of hydrogen-bond donors (Lipinski definition) is 2. The van der Waals surface area contributed by atoms with Gasteiger partial charge in [0.1, 0.15) is 17.8 Å². The average molecular weight is 268 g/mol. The highest BCUT2D eigenvalue weighted by atomic mass is 32.2. The summed E-state index contributed by atoms with van der Waals surface area (Å²) in [5, 5.41) is 9.10. The zero-order valence-corrected chi connectivity index (χ0v) is 11.7. The number of hydrogen-bond acceptors (Lipinski definition) is 4. The fourth-order valence-electron chi connectivity index (χ4n) is 2.08. The minimum absolute atomic E-state index is 0.332. The Morgan fingerprint density at radius 2 is 2.22 bits per heavy atom. The highest BCUT2D eigenvalue weighted by Gasteiger charge is 2.20. The molecule has 1 fully saturated rings. The minimum atomic E-state index is 0.332. The molecule has 100 valence electrons. The summed E-state index contributed by atoms with van der Waals surface area (Å²) in [4.78, 5) is 3.36. The second kappa shape index (κ2) is 6.97. The van der Waals surface area contributed by atoms with Crippen molar-refractivity contribution < 1.29 is 10.1 Å². The molecule has 0 unspecified atom stereocenters. The molecule has 18 heavy (non-hydrogen) atoms. The molecule has 0 atom stereocenters. The third-order valence-electron chi connectivity index (χ3n) is 3.35. The van der Waals surface area contributed by atoms with Gasteiger partial charge in [0.15, 0.2) is 0 Å². The number of H-pyrrole nitrogens is 1. The summed E-state index contributed by atoms with van der Waals surface area (Å²) in [6.45, 7) is 4.55. The second-order valence-electron chi connectivity index (χ2n) is 4.69. The van der Waals surface area contributed by atoms with Crippen molar-refractivity contribution in [2.45, 2.75) is 26.2 Å². The first-order valence-corrected chi connectivity index (χ1v) is 7.39. The number of aliphatic hydroxyl groups excluding tert-OH is 1. The van der Waals surface area contributed by atoms with Gasteiger partial charge in [0.2, 0.25) is 0 Å². The first kappa shape index (κ1) is 13.6. The number of rotatable bonds is 5. The molecule has 0 amide bonds. The molecule has 0 radical (unpaired) electrons. The first-order valence-electron chi connectivity index (χ1n) is 6.61. The van der Waals surface area contributed by atoms with Crippen LogP contribution in [0.25, 0.3) is 0 Å². The molecule has 1 aromatic heterocycles. The lowest BCUT2D eigenvalue weighted by Gasteiger charge is -2.27. The lowest BCUT2D eigenvalue weighted by Crippen LogP contribution is -2.31. The van der Waals surface area contributed by atoms with E-state index in [1.165, 1.54) is 5.69 Å². The third kappa shape index (κ3) is 3.86. The predicted octanol–water partition coefficient (Wildman–Crippen LogP) is 1.74. The zero-order valence-electron chi connectivity index (χ0n) is 10.9. The van der Waals surface area contributed by atoms with Gasteiger partial charge in [-0.15, -0.1) is 0 Å². The van der Waals surface area contributed by atoms with Crippen LogP contribution in [0, 0.1) is 5.92 Å². The average Bonchev–Trinajstić information content (AvgIpc) is 2.46. The summed E-state index contributed by atoms with van der Waals surface area (Å²) in [7, 11) is 0. The lowest BCUT2D eigenvalue weighted by molar-refractivity contribution is -0.372. The van der Waals surface area contributed by atoms with Gasteiger partial charge in [0.25, 0.3) is 5.82 Å². The number of nitrogens with one attached hydrogen (secondary N) is 2. The Bertz CT molecular complexity index is 367. The molecule has 0 aliphatic carbocycles.